The molecule has 0 spiro atoms. The lowest BCUT2D eigenvalue weighted by Crippen LogP contribution is -2.64. The zero-order chi connectivity index (χ0) is 21.6. The Bertz CT molecular complexity index is 859. The van der Waals surface area contributed by atoms with Crippen LogP contribution in [0.5, 0.6) is 11.5 Å². The van der Waals surface area contributed by atoms with E-state index in [4.69, 9.17) is 20.2 Å². The predicted molar refractivity (Wildman–Crippen MR) is 107 cm³/mol. The Morgan fingerprint density at radius 3 is 2.83 bits per heavy atom. The van der Waals surface area contributed by atoms with Gasteiger partial charge >= 0.3 is 13.1 Å². The van der Waals surface area contributed by atoms with E-state index in [9.17, 15) is 19.7 Å². The molecule has 2 aliphatic heterocycles. The minimum atomic E-state index is -1.17. The molecule has 1 amide bonds. The van der Waals surface area contributed by atoms with Crippen molar-refractivity contribution < 1.29 is 34.2 Å². The number of hydrogen-bond acceptors (Lipinski definition) is 8. The van der Waals surface area contributed by atoms with Crippen LogP contribution in [0, 0.1) is 0 Å². The minimum absolute atomic E-state index is 0.0336. The molecule has 2 heterocycles. The number of ether oxygens (including phenoxy) is 1. The Balaban J connectivity index is 1.39. The van der Waals surface area contributed by atoms with Crippen molar-refractivity contribution >= 4 is 19.0 Å². The van der Waals surface area contributed by atoms with Gasteiger partial charge in [0.2, 0.25) is 5.91 Å². The standard InChI is InChI=1S/C19H26BN3O7/c1-19(21,18(27)22-4-5-24)9-23-7-10(8-23)29-14-3-2-11-12-6-13(12)20(28)30-16(11)15(14)17(25)26/h2-3,10,12-13,24,28H,4-9,21H2,1H3,(H,22,27)(H,25,26)/t12?,13-,19?/m1/s1. The Labute approximate surface area is 174 Å². The summed E-state index contributed by atoms with van der Waals surface area (Å²) < 4.78 is 11.4. The van der Waals surface area contributed by atoms with Gasteiger partial charge in [0.1, 0.15) is 28.7 Å². The predicted octanol–water partition coefficient (Wildman–Crippen LogP) is -0.996. The van der Waals surface area contributed by atoms with E-state index in [1.165, 1.54) is 0 Å². The number of carboxylic acid groups (broad SMARTS) is 1. The average Bonchev–Trinajstić information content (AvgIpc) is 3.45. The molecule has 162 valence electrons. The number of carbonyl (C=O) groups excluding carboxylic acids is 1. The number of carbonyl (C=O) groups is 2. The Kier molecular flexibility index (Phi) is 5.39. The van der Waals surface area contributed by atoms with Gasteiger partial charge in [-0.2, -0.15) is 0 Å². The van der Waals surface area contributed by atoms with Crippen LogP contribution in [-0.4, -0.2) is 83.6 Å². The number of nitrogens with zero attached hydrogens (tertiary/aromatic N) is 1. The van der Waals surface area contributed by atoms with Crippen molar-refractivity contribution in [3.63, 3.8) is 0 Å². The third kappa shape index (κ3) is 3.85. The second-order valence-electron chi connectivity index (χ2n) is 8.51. The van der Waals surface area contributed by atoms with Gasteiger partial charge in [0.15, 0.2) is 0 Å². The highest BCUT2D eigenvalue weighted by Gasteiger charge is 2.54. The maximum absolute atomic E-state index is 12.1. The summed E-state index contributed by atoms with van der Waals surface area (Å²) in [6.45, 7) is 2.89. The summed E-state index contributed by atoms with van der Waals surface area (Å²) >= 11 is 0. The lowest BCUT2D eigenvalue weighted by Gasteiger charge is -2.42. The first-order chi connectivity index (χ1) is 14.2. The zero-order valence-electron chi connectivity index (χ0n) is 16.7. The van der Waals surface area contributed by atoms with Crippen LogP contribution in [-0.2, 0) is 4.79 Å². The van der Waals surface area contributed by atoms with E-state index in [1.54, 1.807) is 13.0 Å². The molecule has 0 bridgehead atoms. The van der Waals surface area contributed by atoms with Crippen LogP contribution in [0.1, 0.15) is 35.2 Å². The topological polar surface area (TPSA) is 155 Å². The van der Waals surface area contributed by atoms with Crippen molar-refractivity contribution in [2.24, 2.45) is 5.73 Å². The van der Waals surface area contributed by atoms with Crippen molar-refractivity contribution in [3.05, 3.63) is 23.3 Å². The lowest BCUT2D eigenvalue weighted by atomic mass is 9.77. The third-order valence-corrected chi connectivity index (χ3v) is 5.89. The van der Waals surface area contributed by atoms with Gasteiger partial charge in [0.25, 0.3) is 0 Å². The number of amides is 1. The summed E-state index contributed by atoms with van der Waals surface area (Å²) in [7, 11) is -0.991. The van der Waals surface area contributed by atoms with E-state index in [-0.39, 0.29) is 54.0 Å². The van der Waals surface area contributed by atoms with Crippen molar-refractivity contribution in [1.29, 1.82) is 0 Å². The van der Waals surface area contributed by atoms with Crippen molar-refractivity contribution in [1.82, 2.24) is 10.2 Å². The summed E-state index contributed by atoms with van der Waals surface area (Å²) in [5, 5.41) is 31.1. The van der Waals surface area contributed by atoms with Gasteiger partial charge in [0, 0.05) is 32.0 Å². The van der Waals surface area contributed by atoms with Crippen molar-refractivity contribution in [2.45, 2.75) is 36.7 Å². The van der Waals surface area contributed by atoms with E-state index >= 15 is 0 Å². The molecule has 0 aromatic heterocycles. The first-order valence-electron chi connectivity index (χ1n) is 10.0. The molecule has 3 aliphatic rings. The summed E-state index contributed by atoms with van der Waals surface area (Å²) in [5.74, 6) is -0.955. The van der Waals surface area contributed by atoms with Crippen LogP contribution in [0.4, 0.5) is 0 Å². The summed E-state index contributed by atoms with van der Waals surface area (Å²) in [6, 6.07) is 3.46. The molecule has 2 unspecified atom stereocenters. The van der Waals surface area contributed by atoms with Gasteiger partial charge in [0.05, 0.1) is 6.61 Å². The Morgan fingerprint density at radius 2 is 2.17 bits per heavy atom. The number of hydrogen-bond donors (Lipinski definition) is 5. The molecule has 1 aliphatic carbocycles. The molecular weight excluding hydrogens is 393 g/mol. The smallest absolute Gasteiger partial charge is 0.526 e. The van der Waals surface area contributed by atoms with Gasteiger partial charge < -0.3 is 35.7 Å². The molecule has 11 heteroatoms. The second-order valence-corrected chi connectivity index (χ2v) is 8.51. The third-order valence-electron chi connectivity index (χ3n) is 5.89. The highest BCUT2D eigenvalue weighted by Crippen LogP contribution is 2.60. The highest BCUT2D eigenvalue weighted by molar-refractivity contribution is 6.48. The summed E-state index contributed by atoms with van der Waals surface area (Å²) in [6.07, 6.45) is 0.536. The van der Waals surface area contributed by atoms with E-state index in [1.807, 2.05) is 11.0 Å². The SMILES string of the molecule is CC(N)(CN1CC(Oc2ccc3c(c2C(=O)O)OB(O)[C@@H]2CC32)C1)C(=O)NCCO. The zero-order valence-corrected chi connectivity index (χ0v) is 16.7. The summed E-state index contributed by atoms with van der Waals surface area (Å²) in [4.78, 5) is 25.9. The maximum atomic E-state index is 12.1. The van der Waals surface area contributed by atoms with E-state index < -0.39 is 18.6 Å². The summed E-state index contributed by atoms with van der Waals surface area (Å²) in [5.41, 5.74) is 5.70. The van der Waals surface area contributed by atoms with Gasteiger partial charge in [-0.25, -0.2) is 4.79 Å². The highest BCUT2D eigenvalue weighted by atomic mass is 16.5. The molecular formula is C19H26BN3O7. The molecule has 1 saturated heterocycles. The molecule has 4 rings (SSSR count). The fourth-order valence-corrected chi connectivity index (χ4v) is 4.21. The fourth-order valence-electron chi connectivity index (χ4n) is 4.21. The molecule has 3 atom stereocenters. The number of fused-ring (bicyclic) bond motifs is 3. The van der Waals surface area contributed by atoms with Crippen LogP contribution in [0.15, 0.2) is 12.1 Å². The van der Waals surface area contributed by atoms with Crippen LogP contribution >= 0.6 is 0 Å². The monoisotopic (exact) mass is 419 g/mol. The van der Waals surface area contributed by atoms with Crippen LogP contribution in [0.25, 0.3) is 0 Å². The van der Waals surface area contributed by atoms with Gasteiger partial charge in [-0.05, 0) is 30.9 Å². The number of rotatable bonds is 8. The quantitative estimate of drug-likeness (QED) is 0.334. The lowest BCUT2D eigenvalue weighted by molar-refractivity contribution is -0.127. The first-order valence-corrected chi connectivity index (χ1v) is 10.0. The number of aliphatic hydroxyl groups is 1. The van der Waals surface area contributed by atoms with E-state index in [0.29, 0.717) is 19.6 Å². The fraction of sp³-hybridized carbons (Fsp3) is 0.579. The molecule has 1 aromatic carbocycles. The number of aliphatic hydroxyl groups excluding tert-OH is 1. The molecule has 30 heavy (non-hydrogen) atoms. The van der Waals surface area contributed by atoms with E-state index in [2.05, 4.69) is 5.32 Å². The first kappa shape index (κ1) is 20.9. The molecule has 6 N–H and O–H groups in total. The number of carboxylic acids is 1. The number of nitrogens with one attached hydrogen (secondary N) is 1. The number of likely N-dealkylation sites (tertiary alicyclic amines) is 1. The van der Waals surface area contributed by atoms with Crippen LogP contribution in [0.3, 0.4) is 0 Å². The van der Waals surface area contributed by atoms with Crippen molar-refractivity contribution in [2.75, 3.05) is 32.8 Å². The number of nitrogens with two attached hydrogens (primary N) is 1. The number of aromatic carboxylic acids is 1. The second kappa shape index (κ2) is 7.73. The average molecular weight is 419 g/mol. The Morgan fingerprint density at radius 1 is 1.43 bits per heavy atom. The molecule has 1 saturated carbocycles. The normalized spacial score (nSPS) is 24.6. The molecule has 1 aromatic rings. The Hall–Kier alpha value is -2.34. The molecule has 10 nitrogen and oxygen atoms in total. The molecule has 0 radical (unpaired) electrons. The van der Waals surface area contributed by atoms with E-state index in [0.717, 1.165) is 12.0 Å². The maximum Gasteiger partial charge on any atom is 0.526 e. The van der Waals surface area contributed by atoms with Gasteiger partial charge in [-0.1, -0.05) is 6.07 Å². The van der Waals surface area contributed by atoms with Gasteiger partial charge in [-0.15, -0.1) is 0 Å². The van der Waals surface area contributed by atoms with Gasteiger partial charge in [-0.3, -0.25) is 9.69 Å². The minimum Gasteiger partial charge on any atom is -0.535 e. The van der Waals surface area contributed by atoms with Crippen LogP contribution < -0.4 is 20.4 Å². The van der Waals surface area contributed by atoms with Crippen LogP contribution in [0.2, 0.25) is 5.82 Å². The van der Waals surface area contributed by atoms with Crippen molar-refractivity contribution in [3.8, 4) is 11.5 Å². The number of benzene rings is 1. The molecule has 2 fully saturated rings. The largest absolute Gasteiger partial charge is 0.535 e.